The van der Waals surface area contributed by atoms with E-state index in [1.165, 1.54) is 0 Å². The minimum Gasteiger partial charge on any atom is -0.312 e. The van der Waals surface area contributed by atoms with Crippen molar-refractivity contribution in [2.24, 2.45) is 0 Å². The Hall–Kier alpha value is -0.130. The van der Waals surface area contributed by atoms with Crippen LogP contribution in [-0.2, 0) is 9.84 Å². The fourth-order valence-corrected chi connectivity index (χ4v) is 3.14. The van der Waals surface area contributed by atoms with Gasteiger partial charge in [-0.1, -0.05) is 0 Å². The number of rotatable bonds is 4. The average molecular weight is 248 g/mol. The molecule has 0 unspecified atom stereocenters. The fourth-order valence-electron chi connectivity index (χ4n) is 1.65. The minimum atomic E-state index is -2.74. The molecule has 96 valence electrons. The molecule has 0 aliphatic carbocycles. The third-order valence-electron chi connectivity index (χ3n) is 3.59. The van der Waals surface area contributed by atoms with E-state index in [-0.39, 0.29) is 5.54 Å². The Labute approximate surface area is 99.3 Å². The summed E-state index contributed by atoms with van der Waals surface area (Å²) in [7, 11) is 1.39. The molecule has 1 saturated heterocycles. The fraction of sp³-hybridized carbons (Fsp3) is 1.00. The molecular weight excluding hydrogens is 224 g/mol. The van der Waals surface area contributed by atoms with Gasteiger partial charge in [-0.3, -0.25) is 0 Å². The molecule has 0 radical (unpaired) electrons. The molecule has 1 heterocycles. The van der Waals surface area contributed by atoms with Crippen LogP contribution in [0.15, 0.2) is 0 Å². The Balaban J connectivity index is 2.36. The monoisotopic (exact) mass is 248 g/mol. The van der Waals surface area contributed by atoms with E-state index in [2.05, 4.69) is 38.2 Å². The highest BCUT2D eigenvalue weighted by Crippen LogP contribution is 2.14. The highest BCUT2D eigenvalue weighted by molar-refractivity contribution is 7.91. The van der Waals surface area contributed by atoms with Gasteiger partial charge in [-0.05, 0) is 40.8 Å². The maximum atomic E-state index is 11.3. The second-order valence-corrected chi connectivity index (χ2v) is 7.82. The molecule has 1 fully saturated rings. The summed E-state index contributed by atoms with van der Waals surface area (Å²) < 4.78 is 22.5. The number of nitrogens with zero attached hydrogens (tertiary/aromatic N) is 1. The summed E-state index contributed by atoms with van der Waals surface area (Å²) in [6.45, 7) is 5.25. The van der Waals surface area contributed by atoms with E-state index < -0.39 is 9.84 Å². The van der Waals surface area contributed by atoms with Crippen molar-refractivity contribution in [1.82, 2.24) is 10.2 Å². The van der Waals surface area contributed by atoms with Crippen LogP contribution >= 0.6 is 0 Å². The highest BCUT2D eigenvalue weighted by atomic mass is 32.2. The van der Waals surface area contributed by atoms with Gasteiger partial charge in [0.1, 0.15) is 9.84 Å². The first-order valence-corrected chi connectivity index (χ1v) is 7.66. The Morgan fingerprint density at radius 2 is 1.75 bits per heavy atom. The van der Waals surface area contributed by atoms with Gasteiger partial charge in [0.15, 0.2) is 0 Å². The second-order valence-electron chi connectivity index (χ2n) is 5.51. The summed E-state index contributed by atoms with van der Waals surface area (Å²) in [6, 6.07) is 0.364. The van der Waals surface area contributed by atoms with Gasteiger partial charge in [-0.15, -0.1) is 0 Å². The highest BCUT2D eigenvalue weighted by Gasteiger charge is 2.26. The first kappa shape index (κ1) is 13.9. The van der Waals surface area contributed by atoms with Gasteiger partial charge >= 0.3 is 0 Å². The zero-order valence-electron chi connectivity index (χ0n) is 10.8. The van der Waals surface area contributed by atoms with Crippen molar-refractivity contribution in [2.45, 2.75) is 38.3 Å². The Morgan fingerprint density at radius 3 is 2.19 bits per heavy atom. The molecule has 0 bridgehead atoms. The molecule has 0 aromatic carbocycles. The average Bonchev–Trinajstić information content (AvgIpc) is 2.16. The number of likely N-dealkylation sites (N-methyl/N-ethyl adjacent to an activating group) is 1. The summed E-state index contributed by atoms with van der Waals surface area (Å²) in [6.07, 6.45) is 1.51. The topological polar surface area (TPSA) is 49.4 Å². The van der Waals surface area contributed by atoms with Crippen LogP contribution in [0.1, 0.15) is 26.7 Å². The smallest absolute Gasteiger partial charge is 0.150 e. The van der Waals surface area contributed by atoms with Gasteiger partial charge in [0.2, 0.25) is 0 Å². The maximum Gasteiger partial charge on any atom is 0.150 e. The van der Waals surface area contributed by atoms with E-state index in [1.807, 2.05) is 0 Å². The van der Waals surface area contributed by atoms with Crippen molar-refractivity contribution in [3.05, 3.63) is 0 Å². The quantitative estimate of drug-likeness (QED) is 0.787. The van der Waals surface area contributed by atoms with Crippen LogP contribution in [0.2, 0.25) is 0 Å². The SMILES string of the molecule is CN(C)C(C)(C)CNC1CCS(=O)(=O)CC1. The van der Waals surface area contributed by atoms with E-state index in [0.717, 1.165) is 19.4 Å². The van der Waals surface area contributed by atoms with E-state index in [0.29, 0.717) is 17.5 Å². The van der Waals surface area contributed by atoms with E-state index in [9.17, 15) is 8.42 Å². The normalized spacial score (nSPS) is 22.6. The Morgan fingerprint density at radius 1 is 1.25 bits per heavy atom. The maximum absolute atomic E-state index is 11.3. The molecule has 1 aliphatic heterocycles. The standard InChI is InChI=1S/C11H24N2O2S/c1-11(2,13(3)4)9-12-10-5-7-16(14,15)8-6-10/h10,12H,5-9H2,1-4H3. The van der Waals surface area contributed by atoms with Crippen molar-refractivity contribution in [2.75, 3.05) is 32.1 Å². The van der Waals surface area contributed by atoms with Gasteiger partial charge in [-0.25, -0.2) is 8.42 Å². The lowest BCUT2D eigenvalue weighted by Crippen LogP contribution is -2.50. The molecule has 16 heavy (non-hydrogen) atoms. The first-order chi connectivity index (χ1) is 7.23. The van der Waals surface area contributed by atoms with Crippen molar-refractivity contribution >= 4 is 9.84 Å². The lowest BCUT2D eigenvalue weighted by Gasteiger charge is -2.35. The molecule has 1 aliphatic rings. The lowest BCUT2D eigenvalue weighted by atomic mass is 10.0. The second kappa shape index (κ2) is 5.02. The number of hydrogen-bond donors (Lipinski definition) is 1. The molecular formula is C11H24N2O2S. The van der Waals surface area contributed by atoms with Crippen LogP contribution in [0.5, 0.6) is 0 Å². The zero-order valence-corrected chi connectivity index (χ0v) is 11.6. The summed E-state index contributed by atoms with van der Waals surface area (Å²) in [5, 5.41) is 3.47. The Bertz CT molecular complexity index is 309. The summed E-state index contributed by atoms with van der Waals surface area (Å²) >= 11 is 0. The van der Waals surface area contributed by atoms with Crippen LogP contribution in [0, 0.1) is 0 Å². The summed E-state index contributed by atoms with van der Waals surface area (Å²) in [4.78, 5) is 2.18. The largest absolute Gasteiger partial charge is 0.312 e. The minimum absolute atomic E-state index is 0.107. The molecule has 1 N–H and O–H groups in total. The van der Waals surface area contributed by atoms with Crippen molar-refractivity contribution in [3.8, 4) is 0 Å². The summed E-state index contributed by atoms with van der Waals surface area (Å²) in [5.41, 5.74) is 0.107. The molecule has 1 rings (SSSR count). The summed E-state index contributed by atoms with van der Waals surface area (Å²) in [5.74, 6) is 0.681. The van der Waals surface area contributed by atoms with Crippen molar-refractivity contribution < 1.29 is 8.42 Å². The van der Waals surface area contributed by atoms with Crippen LogP contribution in [0.25, 0.3) is 0 Å². The van der Waals surface area contributed by atoms with Crippen LogP contribution in [0.3, 0.4) is 0 Å². The molecule has 0 saturated carbocycles. The van der Waals surface area contributed by atoms with Gasteiger partial charge in [0, 0.05) is 18.1 Å². The van der Waals surface area contributed by atoms with Crippen LogP contribution in [-0.4, -0.2) is 57.0 Å². The van der Waals surface area contributed by atoms with E-state index in [4.69, 9.17) is 0 Å². The molecule has 5 heteroatoms. The zero-order chi connectivity index (χ0) is 12.4. The van der Waals surface area contributed by atoms with Gasteiger partial charge in [-0.2, -0.15) is 0 Å². The first-order valence-electron chi connectivity index (χ1n) is 5.84. The van der Waals surface area contributed by atoms with Gasteiger partial charge in [0.25, 0.3) is 0 Å². The number of nitrogens with one attached hydrogen (secondary N) is 1. The van der Waals surface area contributed by atoms with Crippen LogP contribution < -0.4 is 5.32 Å². The van der Waals surface area contributed by atoms with Gasteiger partial charge < -0.3 is 10.2 Å². The number of hydrogen-bond acceptors (Lipinski definition) is 4. The van der Waals surface area contributed by atoms with Crippen molar-refractivity contribution in [1.29, 1.82) is 0 Å². The molecule has 4 nitrogen and oxygen atoms in total. The van der Waals surface area contributed by atoms with E-state index >= 15 is 0 Å². The molecule has 0 aromatic heterocycles. The molecule has 0 aromatic rings. The third kappa shape index (κ3) is 4.03. The van der Waals surface area contributed by atoms with Gasteiger partial charge in [0.05, 0.1) is 11.5 Å². The Kier molecular flexibility index (Phi) is 4.37. The predicted octanol–water partition coefficient (Wildman–Crippen LogP) is 0.493. The van der Waals surface area contributed by atoms with E-state index in [1.54, 1.807) is 0 Å². The molecule has 0 atom stereocenters. The van der Waals surface area contributed by atoms with Crippen LogP contribution in [0.4, 0.5) is 0 Å². The number of sulfone groups is 1. The molecule has 0 spiro atoms. The lowest BCUT2D eigenvalue weighted by molar-refractivity contribution is 0.183. The predicted molar refractivity (Wildman–Crippen MR) is 67.4 cm³/mol. The van der Waals surface area contributed by atoms with Crippen molar-refractivity contribution in [3.63, 3.8) is 0 Å². The molecule has 0 amide bonds. The third-order valence-corrected chi connectivity index (χ3v) is 5.30.